The van der Waals surface area contributed by atoms with Crippen LogP contribution >= 0.6 is 0 Å². The van der Waals surface area contributed by atoms with Gasteiger partial charge < -0.3 is 16.4 Å². The predicted octanol–water partition coefficient (Wildman–Crippen LogP) is 3.96. The summed E-state index contributed by atoms with van der Waals surface area (Å²) in [7, 11) is 0. The van der Waals surface area contributed by atoms with Crippen molar-refractivity contribution in [3.05, 3.63) is 66.2 Å². The molecule has 1 heterocycles. The Bertz CT molecular complexity index is 868. The van der Waals surface area contributed by atoms with E-state index in [1.54, 1.807) is 0 Å². The summed E-state index contributed by atoms with van der Waals surface area (Å²) in [6.07, 6.45) is 1.23. The molecule has 0 unspecified atom stereocenters. The molecule has 3 aromatic rings. The zero-order chi connectivity index (χ0) is 17.1. The quantitative estimate of drug-likeness (QED) is 0.674. The fourth-order valence-corrected chi connectivity index (χ4v) is 1.98. The Hall–Kier alpha value is -3.29. The molecule has 8 heteroatoms. The number of hydrogen-bond donors (Lipinski definition) is 3. The van der Waals surface area contributed by atoms with Crippen molar-refractivity contribution in [3.8, 4) is 0 Å². The Morgan fingerprint density at radius 2 is 1.42 bits per heavy atom. The van der Waals surface area contributed by atoms with Crippen LogP contribution in [0.5, 0.6) is 0 Å². The molecule has 0 aliphatic rings. The molecule has 0 radical (unpaired) electrons. The Morgan fingerprint density at radius 3 is 2.08 bits per heavy atom. The first-order valence-corrected chi connectivity index (χ1v) is 6.88. The monoisotopic (exact) mass is 331 g/mol. The molecule has 0 atom stereocenters. The standard InChI is InChI=1S/C16H12F3N5/c17-9-1-4-11(5-2-9)23-15-14(20)16(22-8-21-15)24-13-6-3-10(18)7-12(13)19/h1-8H,20H2,(H2,21,22,23,24). The summed E-state index contributed by atoms with van der Waals surface area (Å²) in [5.41, 5.74) is 6.69. The van der Waals surface area contributed by atoms with E-state index in [0.29, 0.717) is 5.69 Å². The molecular weight excluding hydrogens is 319 g/mol. The third-order valence-corrected chi connectivity index (χ3v) is 3.18. The highest BCUT2D eigenvalue weighted by molar-refractivity contribution is 5.80. The van der Waals surface area contributed by atoms with Crippen molar-refractivity contribution in [1.82, 2.24) is 9.97 Å². The zero-order valence-corrected chi connectivity index (χ0v) is 12.2. The van der Waals surface area contributed by atoms with Gasteiger partial charge in [-0.05, 0) is 36.4 Å². The highest BCUT2D eigenvalue weighted by atomic mass is 19.1. The van der Waals surface area contributed by atoms with Crippen LogP contribution in [-0.2, 0) is 0 Å². The van der Waals surface area contributed by atoms with Gasteiger partial charge in [0.1, 0.15) is 29.5 Å². The predicted molar refractivity (Wildman–Crippen MR) is 85.8 cm³/mol. The van der Waals surface area contributed by atoms with Crippen molar-refractivity contribution in [1.29, 1.82) is 0 Å². The average Bonchev–Trinajstić information content (AvgIpc) is 2.55. The van der Waals surface area contributed by atoms with Gasteiger partial charge in [0.25, 0.3) is 0 Å². The van der Waals surface area contributed by atoms with Crippen LogP contribution in [0.3, 0.4) is 0 Å². The topological polar surface area (TPSA) is 75.9 Å². The van der Waals surface area contributed by atoms with Crippen molar-refractivity contribution in [3.63, 3.8) is 0 Å². The summed E-state index contributed by atoms with van der Waals surface area (Å²) in [5.74, 6) is -1.42. The van der Waals surface area contributed by atoms with Crippen LogP contribution in [-0.4, -0.2) is 9.97 Å². The molecular formula is C16H12F3N5. The van der Waals surface area contributed by atoms with Crippen molar-refractivity contribution < 1.29 is 13.2 Å². The lowest BCUT2D eigenvalue weighted by atomic mass is 10.3. The minimum atomic E-state index is -0.777. The lowest BCUT2D eigenvalue weighted by Gasteiger charge is -2.13. The van der Waals surface area contributed by atoms with E-state index in [2.05, 4.69) is 20.6 Å². The molecule has 1 aromatic heterocycles. The number of aromatic nitrogens is 2. The maximum atomic E-state index is 13.7. The van der Waals surface area contributed by atoms with E-state index in [1.807, 2.05) is 0 Å². The summed E-state index contributed by atoms with van der Waals surface area (Å²) in [4.78, 5) is 7.95. The second-order valence-electron chi connectivity index (χ2n) is 4.87. The van der Waals surface area contributed by atoms with E-state index in [4.69, 9.17) is 5.73 Å². The van der Waals surface area contributed by atoms with E-state index in [-0.39, 0.29) is 28.8 Å². The van der Waals surface area contributed by atoms with Crippen LogP contribution in [0.15, 0.2) is 48.8 Å². The second kappa shape index (κ2) is 6.45. The molecule has 3 rings (SSSR count). The fraction of sp³-hybridized carbons (Fsp3) is 0. The van der Waals surface area contributed by atoms with Gasteiger partial charge in [-0.2, -0.15) is 0 Å². The first-order valence-electron chi connectivity index (χ1n) is 6.88. The van der Waals surface area contributed by atoms with Crippen LogP contribution in [0.1, 0.15) is 0 Å². The van der Waals surface area contributed by atoms with Crippen molar-refractivity contribution in [2.45, 2.75) is 0 Å². The number of rotatable bonds is 4. The zero-order valence-electron chi connectivity index (χ0n) is 12.2. The number of hydrogen-bond acceptors (Lipinski definition) is 5. The Kier molecular flexibility index (Phi) is 4.19. The van der Waals surface area contributed by atoms with E-state index < -0.39 is 11.6 Å². The third-order valence-electron chi connectivity index (χ3n) is 3.18. The number of anilines is 5. The van der Waals surface area contributed by atoms with E-state index in [0.717, 1.165) is 12.1 Å². The van der Waals surface area contributed by atoms with E-state index in [1.165, 1.54) is 36.7 Å². The second-order valence-corrected chi connectivity index (χ2v) is 4.87. The average molecular weight is 331 g/mol. The molecule has 0 spiro atoms. The molecule has 0 fully saturated rings. The van der Waals surface area contributed by atoms with Gasteiger partial charge in [0, 0.05) is 11.8 Å². The smallest absolute Gasteiger partial charge is 0.159 e. The van der Waals surface area contributed by atoms with Gasteiger partial charge in [0.2, 0.25) is 0 Å². The molecule has 0 amide bonds. The molecule has 0 saturated carbocycles. The molecule has 2 aromatic carbocycles. The van der Waals surface area contributed by atoms with Crippen LogP contribution < -0.4 is 16.4 Å². The molecule has 0 bridgehead atoms. The first-order chi connectivity index (χ1) is 11.5. The van der Waals surface area contributed by atoms with Crippen molar-refractivity contribution in [2.24, 2.45) is 0 Å². The van der Waals surface area contributed by atoms with Gasteiger partial charge in [-0.15, -0.1) is 0 Å². The maximum absolute atomic E-state index is 13.7. The number of nitrogen functional groups attached to an aromatic ring is 1. The lowest BCUT2D eigenvalue weighted by molar-refractivity contribution is 0.586. The number of benzene rings is 2. The van der Waals surface area contributed by atoms with Gasteiger partial charge in [0.15, 0.2) is 11.6 Å². The van der Waals surface area contributed by atoms with Gasteiger partial charge in [-0.3, -0.25) is 0 Å². The number of nitrogens with two attached hydrogens (primary N) is 1. The van der Waals surface area contributed by atoms with E-state index in [9.17, 15) is 13.2 Å². The fourth-order valence-electron chi connectivity index (χ4n) is 1.98. The van der Waals surface area contributed by atoms with Gasteiger partial charge in [0.05, 0.1) is 5.69 Å². The third kappa shape index (κ3) is 3.37. The summed E-state index contributed by atoms with van der Waals surface area (Å²) in [6, 6.07) is 8.70. The lowest BCUT2D eigenvalue weighted by Crippen LogP contribution is -2.06. The number of halogens is 3. The highest BCUT2D eigenvalue weighted by Crippen LogP contribution is 2.29. The molecule has 4 N–H and O–H groups in total. The number of nitrogens with one attached hydrogen (secondary N) is 2. The molecule has 122 valence electrons. The van der Waals surface area contributed by atoms with E-state index >= 15 is 0 Å². The molecule has 0 aliphatic carbocycles. The number of nitrogens with zero attached hydrogens (tertiary/aromatic N) is 2. The summed E-state index contributed by atoms with van der Waals surface area (Å²) in [6.45, 7) is 0. The molecule has 5 nitrogen and oxygen atoms in total. The van der Waals surface area contributed by atoms with Gasteiger partial charge >= 0.3 is 0 Å². The minimum absolute atomic E-state index is 0.0227. The van der Waals surface area contributed by atoms with Crippen LogP contribution in [0.25, 0.3) is 0 Å². The van der Waals surface area contributed by atoms with Crippen molar-refractivity contribution >= 4 is 28.7 Å². The summed E-state index contributed by atoms with van der Waals surface area (Å²) < 4.78 is 39.6. The van der Waals surface area contributed by atoms with Gasteiger partial charge in [-0.1, -0.05) is 0 Å². The SMILES string of the molecule is Nc1c(Nc2ccc(F)cc2)ncnc1Nc1ccc(F)cc1F. The highest BCUT2D eigenvalue weighted by Gasteiger charge is 2.11. The maximum Gasteiger partial charge on any atom is 0.159 e. The summed E-state index contributed by atoms with van der Waals surface area (Å²) in [5, 5.41) is 5.60. The largest absolute Gasteiger partial charge is 0.393 e. The molecule has 24 heavy (non-hydrogen) atoms. The van der Waals surface area contributed by atoms with Crippen LogP contribution in [0.4, 0.5) is 41.9 Å². The normalized spacial score (nSPS) is 10.5. The Morgan fingerprint density at radius 1 is 0.792 bits per heavy atom. The van der Waals surface area contributed by atoms with Crippen molar-refractivity contribution in [2.75, 3.05) is 16.4 Å². The van der Waals surface area contributed by atoms with Crippen LogP contribution in [0.2, 0.25) is 0 Å². The van der Waals surface area contributed by atoms with Crippen LogP contribution in [0, 0.1) is 17.5 Å². The molecule has 0 saturated heterocycles. The van der Waals surface area contributed by atoms with Gasteiger partial charge in [-0.25, -0.2) is 23.1 Å². The summed E-state index contributed by atoms with van der Waals surface area (Å²) >= 11 is 0. The molecule has 0 aliphatic heterocycles. The Labute approximate surface area is 135 Å². The Balaban J connectivity index is 1.86. The minimum Gasteiger partial charge on any atom is -0.393 e. The first kappa shape index (κ1) is 15.6.